The van der Waals surface area contributed by atoms with Crippen LogP contribution in [-0.2, 0) is 14.3 Å². The number of nitrogens with one attached hydrogen (secondary N) is 1. The van der Waals surface area contributed by atoms with Gasteiger partial charge in [-0.3, -0.25) is 9.59 Å². The molecule has 2 aromatic carbocycles. The molecule has 154 valence electrons. The fraction of sp³-hybridized carbons (Fsp3) is 0.286. The van der Waals surface area contributed by atoms with Gasteiger partial charge in [-0.2, -0.15) is 0 Å². The van der Waals surface area contributed by atoms with E-state index in [9.17, 15) is 14.4 Å². The predicted octanol–water partition coefficient (Wildman–Crippen LogP) is 3.35. The molecule has 1 amide bonds. The van der Waals surface area contributed by atoms with Crippen molar-refractivity contribution in [2.75, 3.05) is 20.3 Å². The molecule has 7 nitrogen and oxygen atoms in total. The third-order valence-corrected chi connectivity index (χ3v) is 4.24. The number of methoxy groups -OCH3 is 1. The van der Waals surface area contributed by atoms with Crippen molar-refractivity contribution in [1.82, 2.24) is 5.32 Å². The zero-order valence-corrected chi connectivity index (χ0v) is 17.1. The van der Waals surface area contributed by atoms with Gasteiger partial charge in [0, 0.05) is 10.6 Å². The molecule has 8 heteroatoms. The van der Waals surface area contributed by atoms with Crippen LogP contribution in [-0.4, -0.2) is 38.0 Å². The number of halogens is 1. The van der Waals surface area contributed by atoms with Crippen molar-refractivity contribution in [2.24, 2.45) is 0 Å². The van der Waals surface area contributed by atoms with Gasteiger partial charge < -0.3 is 19.5 Å². The zero-order chi connectivity index (χ0) is 21.4. The predicted molar refractivity (Wildman–Crippen MR) is 107 cm³/mol. The van der Waals surface area contributed by atoms with Crippen molar-refractivity contribution in [3.05, 3.63) is 58.6 Å². The van der Waals surface area contributed by atoms with Crippen molar-refractivity contribution < 1.29 is 28.6 Å². The molecule has 0 aliphatic carbocycles. The largest absolute Gasteiger partial charge is 0.493 e. The first kappa shape index (κ1) is 22.2. The number of hydrogen-bond acceptors (Lipinski definition) is 6. The van der Waals surface area contributed by atoms with E-state index in [4.69, 9.17) is 25.8 Å². The molecule has 0 saturated heterocycles. The van der Waals surface area contributed by atoms with Crippen LogP contribution in [0.3, 0.4) is 0 Å². The highest BCUT2D eigenvalue weighted by molar-refractivity contribution is 6.30. The van der Waals surface area contributed by atoms with E-state index in [1.54, 1.807) is 31.2 Å². The third kappa shape index (κ3) is 6.80. The van der Waals surface area contributed by atoms with Crippen LogP contribution < -0.4 is 14.8 Å². The summed E-state index contributed by atoms with van der Waals surface area (Å²) in [6.07, 6.45) is 0. The van der Waals surface area contributed by atoms with Crippen LogP contribution in [0.15, 0.2) is 42.5 Å². The molecular formula is C21H22ClNO6. The minimum atomic E-state index is -0.715. The molecule has 0 saturated carbocycles. The van der Waals surface area contributed by atoms with Crippen molar-refractivity contribution in [1.29, 1.82) is 0 Å². The summed E-state index contributed by atoms with van der Waals surface area (Å²) >= 11 is 5.94. The van der Waals surface area contributed by atoms with Crippen LogP contribution in [0.4, 0.5) is 0 Å². The Kier molecular flexibility index (Phi) is 8.03. The Hall–Kier alpha value is -3.06. The molecule has 0 spiro atoms. The fourth-order valence-electron chi connectivity index (χ4n) is 2.47. The maximum absolute atomic E-state index is 12.0. The molecule has 1 atom stereocenters. The average Bonchev–Trinajstić information content (AvgIpc) is 2.70. The van der Waals surface area contributed by atoms with Crippen LogP contribution in [0.2, 0.25) is 5.02 Å². The molecule has 0 bridgehead atoms. The molecule has 2 rings (SSSR count). The van der Waals surface area contributed by atoms with E-state index in [-0.39, 0.29) is 17.6 Å². The standard InChI is InChI=1S/C21H22ClNO6/c1-13(15-5-4-6-17(22)9-15)23-20(25)11-29-21(26)12-28-18-8-7-16(14(2)24)10-19(18)27-3/h4-10,13H,11-12H2,1-3H3,(H,23,25)/t13-/m1/s1. The Morgan fingerprint density at radius 3 is 2.48 bits per heavy atom. The number of amides is 1. The maximum atomic E-state index is 12.0. The van der Waals surface area contributed by atoms with Gasteiger partial charge in [-0.05, 0) is 49.7 Å². The van der Waals surface area contributed by atoms with E-state index < -0.39 is 25.1 Å². The van der Waals surface area contributed by atoms with Crippen LogP contribution in [0, 0.1) is 0 Å². The summed E-state index contributed by atoms with van der Waals surface area (Å²) in [5.41, 5.74) is 1.30. The number of Topliss-reactive ketones (excluding diaryl/α,β-unsaturated/α-hetero) is 1. The molecule has 0 aliphatic rings. The van der Waals surface area contributed by atoms with Gasteiger partial charge in [-0.15, -0.1) is 0 Å². The highest BCUT2D eigenvalue weighted by atomic mass is 35.5. The van der Waals surface area contributed by atoms with Gasteiger partial charge in [0.05, 0.1) is 13.2 Å². The molecule has 1 N–H and O–H groups in total. The minimum Gasteiger partial charge on any atom is -0.493 e. The van der Waals surface area contributed by atoms with Gasteiger partial charge in [-0.1, -0.05) is 23.7 Å². The lowest BCUT2D eigenvalue weighted by Crippen LogP contribution is -2.32. The fourth-order valence-corrected chi connectivity index (χ4v) is 2.67. The molecular weight excluding hydrogens is 398 g/mol. The molecule has 0 aromatic heterocycles. The quantitative estimate of drug-likeness (QED) is 0.495. The maximum Gasteiger partial charge on any atom is 0.344 e. The van der Waals surface area contributed by atoms with E-state index in [1.165, 1.54) is 26.2 Å². The lowest BCUT2D eigenvalue weighted by atomic mass is 10.1. The van der Waals surface area contributed by atoms with E-state index in [0.29, 0.717) is 16.3 Å². The summed E-state index contributed by atoms with van der Waals surface area (Å²) in [5.74, 6) is -0.679. The summed E-state index contributed by atoms with van der Waals surface area (Å²) in [4.78, 5) is 35.2. The zero-order valence-electron chi connectivity index (χ0n) is 16.4. The molecule has 29 heavy (non-hydrogen) atoms. The summed E-state index contributed by atoms with van der Waals surface area (Å²) in [6, 6.07) is 11.4. The van der Waals surface area contributed by atoms with Crippen LogP contribution >= 0.6 is 11.6 Å². The molecule has 0 fully saturated rings. The first-order chi connectivity index (χ1) is 13.8. The average molecular weight is 420 g/mol. The van der Waals surface area contributed by atoms with Crippen LogP contribution in [0.1, 0.15) is 35.8 Å². The van der Waals surface area contributed by atoms with Gasteiger partial charge in [0.25, 0.3) is 5.91 Å². The van der Waals surface area contributed by atoms with Gasteiger partial charge in [-0.25, -0.2) is 4.79 Å². The number of rotatable bonds is 9. The molecule has 0 aliphatic heterocycles. The van der Waals surface area contributed by atoms with Crippen molar-refractivity contribution in [2.45, 2.75) is 19.9 Å². The van der Waals surface area contributed by atoms with Gasteiger partial charge in [0.1, 0.15) is 0 Å². The van der Waals surface area contributed by atoms with E-state index in [2.05, 4.69) is 5.32 Å². The number of carbonyl (C=O) groups is 3. The highest BCUT2D eigenvalue weighted by Gasteiger charge is 2.14. The Morgan fingerprint density at radius 2 is 1.83 bits per heavy atom. The monoisotopic (exact) mass is 419 g/mol. The number of esters is 1. The van der Waals surface area contributed by atoms with E-state index in [1.807, 2.05) is 6.07 Å². The summed E-state index contributed by atoms with van der Waals surface area (Å²) in [7, 11) is 1.43. The number of ether oxygens (including phenoxy) is 3. The number of carbonyl (C=O) groups excluding carboxylic acids is 3. The van der Waals surface area contributed by atoms with Crippen LogP contribution in [0.5, 0.6) is 11.5 Å². The summed E-state index contributed by atoms with van der Waals surface area (Å²) in [6.45, 7) is 2.39. The van der Waals surface area contributed by atoms with Crippen LogP contribution in [0.25, 0.3) is 0 Å². The minimum absolute atomic E-state index is 0.118. The van der Waals surface area contributed by atoms with Crippen molar-refractivity contribution in [3.63, 3.8) is 0 Å². The topological polar surface area (TPSA) is 90.9 Å². The highest BCUT2D eigenvalue weighted by Crippen LogP contribution is 2.28. The van der Waals surface area contributed by atoms with Gasteiger partial charge in [0.15, 0.2) is 30.5 Å². The third-order valence-electron chi connectivity index (χ3n) is 4.01. The Morgan fingerprint density at radius 1 is 1.07 bits per heavy atom. The summed E-state index contributed by atoms with van der Waals surface area (Å²) in [5, 5.41) is 3.29. The lowest BCUT2D eigenvalue weighted by molar-refractivity contribution is -0.150. The van der Waals surface area contributed by atoms with Crippen molar-refractivity contribution in [3.8, 4) is 11.5 Å². The molecule has 0 radical (unpaired) electrons. The van der Waals surface area contributed by atoms with Crippen molar-refractivity contribution >= 4 is 29.3 Å². The Bertz CT molecular complexity index is 898. The second kappa shape index (κ2) is 10.5. The number of hydrogen-bond donors (Lipinski definition) is 1. The molecule has 0 heterocycles. The second-order valence-electron chi connectivity index (χ2n) is 6.22. The number of ketones is 1. The number of benzene rings is 2. The first-order valence-corrected chi connectivity index (χ1v) is 9.20. The molecule has 2 aromatic rings. The smallest absolute Gasteiger partial charge is 0.344 e. The summed E-state index contributed by atoms with van der Waals surface area (Å²) < 4.78 is 15.4. The Labute approximate surface area is 173 Å². The van der Waals surface area contributed by atoms with Gasteiger partial charge in [0.2, 0.25) is 0 Å². The van der Waals surface area contributed by atoms with Gasteiger partial charge >= 0.3 is 5.97 Å². The lowest BCUT2D eigenvalue weighted by Gasteiger charge is -2.15. The normalized spacial score (nSPS) is 11.3. The van der Waals surface area contributed by atoms with E-state index in [0.717, 1.165) is 5.56 Å². The Balaban J connectivity index is 1.81. The van der Waals surface area contributed by atoms with E-state index >= 15 is 0 Å². The second-order valence-corrected chi connectivity index (χ2v) is 6.65. The SMILES string of the molecule is COc1cc(C(C)=O)ccc1OCC(=O)OCC(=O)N[C@H](C)c1cccc(Cl)c1. The first-order valence-electron chi connectivity index (χ1n) is 8.82. The molecule has 0 unspecified atom stereocenters.